The smallest absolute Gasteiger partial charge is 0.462 e. The van der Waals surface area contributed by atoms with Crippen LogP contribution in [0.3, 0.4) is 0 Å². The molecule has 0 aliphatic carbocycles. The minimum atomic E-state index is -4.36. The van der Waals surface area contributed by atoms with Gasteiger partial charge in [-0.1, -0.05) is 152 Å². The normalized spacial score (nSPS) is 13.9. The third-order valence-corrected chi connectivity index (χ3v) is 10.1. The number of ether oxygens (including phenoxy) is 2. The van der Waals surface area contributed by atoms with Gasteiger partial charge in [-0.25, -0.2) is 4.57 Å². The summed E-state index contributed by atoms with van der Waals surface area (Å²) in [5.41, 5.74) is 0. The lowest BCUT2D eigenvalue weighted by atomic mass is 10.1. The molecular formula is C46H82NO8P. The van der Waals surface area contributed by atoms with Gasteiger partial charge < -0.3 is 19.7 Å². The lowest BCUT2D eigenvalue weighted by molar-refractivity contribution is -0.161. The van der Waals surface area contributed by atoms with Crippen LogP contribution in [0, 0.1) is 0 Å². The molecule has 0 aromatic carbocycles. The Morgan fingerprint density at radius 1 is 0.571 bits per heavy atom. The Kier molecular flexibility index (Phi) is 40.6. The molecule has 2 unspecified atom stereocenters. The van der Waals surface area contributed by atoms with Crippen molar-refractivity contribution in [1.29, 1.82) is 0 Å². The highest BCUT2D eigenvalue weighted by atomic mass is 31.2. The number of carbonyl (C=O) groups excluding carboxylic acids is 2. The molecule has 0 spiro atoms. The van der Waals surface area contributed by atoms with E-state index in [-0.39, 0.29) is 26.1 Å². The summed E-state index contributed by atoms with van der Waals surface area (Å²) >= 11 is 0. The van der Waals surface area contributed by atoms with E-state index in [1.54, 1.807) is 7.05 Å². The Balaban J connectivity index is 4.26. The first kappa shape index (κ1) is 53.7. The van der Waals surface area contributed by atoms with Crippen LogP contribution in [0.1, 0.15) is 181 Å². The average Bonchev–Trinajstić information content (AvgIpc) is 3.18. The van der Waals surface area contributed by atoms with Crippen LogP contribution in [0.4, 0.5) is 0 Å². The van der Waals surface area contributed by atoms with E-state index in [0.29, 0.717) is 19.4 Å². The first-order chi connectivity index (χ1) is 27.3. The molecule has 0 saturated carbocycles. The van der Waals surface area contributed by atoms with Crippen molar-refractivity contribution in [3.8, 4) is 0 Å². The minimum Gasteiger partial charge on any atom is -0.462 e. The summed E-state index contributed by atoms with van der Waals surface area (Å²) < 4.78 is 33.2. The van der Waals surface area contributed by atoms with Crippen molar-refractivity contribution < 1.29 is 37.6 Å². The number of unbranched alkanes of at least 4 members (excludes halogenated alkanes) is 17. The largest absolute Gasteiger partial charge is 0.472 e. The fourth-order valence-electron chi connectivity index (χ4n) is 5.77. The Hall–Kier alpha value is -2.29. The Bertz CT molecular complexity index is 1100. The second-order valence-corrected chi connectivity index (χ2v) is 15.9. The van der Waals surface area contributed by atoms with Gasteiger partial charge in [-0.2, -0.15) is 0 Å². The maximum Gasteiger partial charge on any atom is 0.472 e. The summed E-state index contributed by atoms with van der Waals surface area (Å²) in [7, 11) is -2.67. The predicted octanol–water partition coefficient (Wildman–Crippen LogP) is 12.8. The van der Waals surface area contributed by atoms with Gasteiger partial charge in [-0.15, -0.1) is 0 Å². The van der Waals surface area contributed by atoms with Gasteiger partial charge in [0.05, 0.1) is 13.2 Å². The molecule has 2 N–H and O–H groups in total. The number of esters is 2. The van der Waals surface area contributed by atoms with Gasteiger partial charge in [0.1, 0.15) is 6.61 Å². The predicted molar refractivity (Wildman–Crippen MR) is 234 cm³/mol. The number of rotatable bonds is 41. The number of phosphoric ester groups is 1. The fraction of sp³-hybridized carbons (Fsp3) is 0.739. The van der Waals surface area contributed by atoms with E-state index in [1.165, 1.54) is 83.5 Å². The summed E-state index contributed by atoms with van der Waals surface area (Å²) in [6.07, 6.45) is 48.4. The number of nitrogens with one attached hydrogen (secondary N) is 1. The van der Waals surface area contributed by atoms with Crippen LogP contribution in [0.15, 0.2) is 60.8 Å². The molecule has 56 heavy (non-hydrogen) atoms. The van der Waals surface area contributed by atoms with E-state index in [4.69, 9.17) is 18.5 Å². The van der Waals surface area contributed by atoms with Gasteiger partial charge in [-0.05, 0) is 84.1 Å². The first-order valence-corrected chi connectivity index (χ1v) is 23.7. The minimum absolute atomic E-state index is 0.0262. The molecule has 0 aliphatic rings. The Morgan fingerprint density at radius 2 is 1.02 bits per heavy atom. The first-order valence-electron chi connectivity index (χ1n) is 22.2. The molecule has 0 saturated heterocycles. The third kappa shape index (κ3) is 41.3. The van der Waals surface area contributed by atoms with Crippen molar-refractivity contribution in [2.75, 3.05) is 33.4 Å². The molecule has 0 rings (SSSR count). The molecule has 0 bridgehead atoms. The third-order valence-electron chi connectivity index (χ3n) is 9.12. The molecule has 10 heteroatoms. The number of phosphoric acid groups is 1. The summed E-state index contributed by atoms with van der Waals surface area (Å²) in [5.74, 6) is -0.859. The van der Waals surface area contributed by atoms with Crippen molar-refractivity contribution in [3.05, 3.63) is 60.8 Å². The van der Waals surface area contributed by atoms with E-state index in [2.05, 4.69) is 79.9 Å². The molecule has 0 amide bonds. The van der Waals surface area contributed by atoms with Crippen LogP contribution in [0.5, 0.6) is 0 Å². The zero-order chi connectivity index (χ0) is 41.1. The standard InChI is InChI=1S/C46H82NO8P/c1-4-6-8-10-12-14-16-18-20-21-22-23-25-27-29-31-33-35-37-39-46(49)55-44(43-54-56(50,51)53-41-40-47-3)42-52-45(48)38-36-34-32-30-28-26-24-19-17-15-13-11-9-7-5-2/h7,9,13,15,18-20,24,28,30,44,47H,4-6,8,10-12,14,16-17,21-23,25-27,29,31-43H2,1-3H3,(H,50,51)/b9-7-,15-13-,20-18-,24-19-,30-28-. The lowest BCUT2D eigenvalue weighted by Crippen LogP contribution is -2.29. The van der Waals surface area contributed by atoms with Crippen LogP contribution in [0.2, 0.25) is 0 Å². The number of likely N-dealkylation sites (N-methyl/N-ethyl adjacent to an activating group) is 1. The maximum atomic E-state index is 12.6. The van der Waals surface area contributed by atoms with Crippen molar-refractivity contribution in [3.63, 3.8) is 0 Å². The van der Waals surface area contributed by atoms with Crippen molar-refractivity contribution in [2.45, 2.75) is 187 Å². The molecule has 0 aromatic rings. The molecule has 0 aliphatic heterocycles. The quantitative estimate of drug-likeness (QED) is 0.0269. The van der Waals surface area contributed by atoms with Crippen LogP contribution in [-0.4, -0.2) is 56.3 Å². The highest BCUT2D eigenvalue weighted by Crippen LogP contribution is 2.43. The van der Waals surface area contributed by atoms with Crippen molar-refractivity contribution in [1.82, 2.24) is 5.32 Å². The van der Waals surface area contributed by atoms with Gasteiger partial charge in [0.2, 0.25) is 0 Å². The molecule has 0 fully saturated rings. The highest BCUT2D eigenvalue weighted by Gasteiger charge is 2.26. The van der Waals surface area contributed by atoms with E-state index in [0.717, 1.165) is 57.8 Å². The van der Waals surface area contributed by atoms with Gasteiger partial charge in [0, 0.05) is 19.4 Å². The van der Waals surface area contributed by atoms with E-state index < -0.39 is 32.5 Å². The molecule has 2 atom stereocenters. The highest BCUT2D eigenvalue weighted by molar-refractivity contribution is 7.47. The zero-order valence-electron chi connectivity index (χ0n) is 35.8. The number of carbonyl (C=O) groups is 2. The van der Waals surface area contributed by atoms with Crippen molar-refractivity contribution in [2.24, 2.45) is 0 Å². The van der Waals surface area contributed by atoms with Crippen LogP contribution in [-0.2, 0) is 32.7 Å². The number of allylic oxidation sites excluding steroid dienone is 10. The molecule has 9 nitrogen and oxygen atoms in total. The Morgan fingerprint density at radius 3 is 1.57 bits per heavy atom. The molecule has 0 aromatic heterocycles. The maximum absolute atomic E-state index is 12.6. The van der Waals surface area contributed by atoms with Crippen LogP contribution in [0.25, 0.3) is 0 Å². The van der Waals surface area contributed by atoms with E-state index in [1.807, 2.05) is 0 Å². The summed E-state index contributed by atoms with van der Waals surface area (Å²) in [5, 5.41) is 2.82. The Labute approximate surface area is 342 Å². The second kappa shape index (κ2) is 42.3. The summed E-state index contributed by atoms with van der Waals surface area (Å²) in [6, 6.07) is 0. The van der Waals surface area contributed by atoms with E-state index in [9.17, 15) is 19.0 Å². The summed E-state index contributed by atoms with van der Waals surface area (Å²) in [4.78, 5) is 35.1. The summed E-state index contributed by atoms with van der Waals surface area (Å²) in [6.45, 7) is 4.05. The molecule has 324 valence electrons. The molecule has 0 radical (unpaired) electrons. The van der Waals surface area contributed by atoms with Gasteiger partial charge in [0.25, 0.3) is 0 Å². The van der Waals surface area contributed by atoms with Gasteiger partial charge >= 0.3 is 19.8 Å². The monoisotopic (exact) mass is 808 g/mol. The van der Waals surface area contributed by atoms with Gasteiger partial charge in [0.15, 0.2) is 6.10 Å². The molecular weight excluding hydrogens is 725 g/mol. The number of hydrogen-bond donors (Lipinski definition) is 2. The van der Waals surface area contributed by atoms with Gasteiger partial charge in [-0.3, -0.25) is 18.6 Å². The average molecular weight is 808 g/mol. The van der Waals surface area contributed by atoms with Crippen molar-refractivity contribution >= 4 is 19.8 Å². The van der Waals surface area contributed by atoms with Crippen LogP contribution < -0.4 is 5.32 Å². The fourth-order valence-corrected chi connectivity index (χ4v) is 6.52. The SMILES string of the molecule is CC/C=C\C/C=C\C/C=C\C/C=C\CCCCC(=O)OCC(COP(=O)(O)OCCNC)OC(=O)CCCCCCCCCCC/C=C\CCCCCCCC. The van der Waals surface area contributed by atoms with Crippen LogP contribution >= 0.6 is 7.82 Å². The van der Waals surface area contributed by atoms with E-state index >= 15 is 0 Å². The zero-order valence-corrected chi connectivity index (χ0v) is 36.7. The second-order valence-electron chi connectivity index (χ2n) is 14.5. The molecule has 0 heterocycles. The topological polar surface area (TPSA) is 120 Å². The lowest BCUT2D eigenvalue weighted by Gasteiger charge is -2.20. The number of hydrogen-bond acceptors (Lipinski definition) is 8.